The molecule has 0 rings (SSSR count). The molecule has 37 heteroatoms. The first-order valence-electron chi connectivity index (χ1n) is 10.7. The normalized spacial score (nSPS) is 17.7. The maximum atomic E-state index is 11.2. The Morgan fingerprint density at radius 1 is 0.264 bits per heavy atom. The third-order valence-corrected chi connectivity index (χ3v) is 30.0. The van der Waals surface area contributed by atoms with Crippen LogP contribution < -0.4 is 0 Å². The van der Waals surface area contributed by atoms with Crippen molar-refractivity contribution in [2.24, 2.45) is 0 Å². The van der Waals surface area contributed by atoms with Crippen molar-refractivity contribution in [2.45, 2.75) is 69.0 Å². The zero-order valence-corrected chi connectivity index (χ0v) is 47.9. The molecule has 0 spiro atoms. The van der Waals surface area contributed by atoms with Crippen LogP contribution in [0.4, 0.5) is 0 Å². The Bertz CT molecular complexity index is 1370. The van der Waals surface area contributed by atoms with E-state index in [1.807, 2.05) is 0 Å². The smallest absolute Gasteiger partial charge is 0.267 e. The van der Waals surface area contributed by atoms with Crippen molar-refractivity contribution in [2.75, 3.05) is 0 Å². The minimum Gasteiger partial charge on any atom is -0.750 e. The predicted molar refractivity (Wildman–Crippen MR) is 247 cm³/mol. The summed E-state index contributed by atoms with van der Waals surface area (Å²) in [5.41, 5.74) is 0. The van der Waals surface area contributed by atoms with E-state index in [9.17, 15) is 8.76 Å². The third kappa shape index (κ3) is 9.79. The molecule has 0 aliphatic carbocycles. The second-order valence-electron chi connectivity index (χ2n) is 9.34. The Balaban J connectivity index is 7.73. The Morgan fingerprint density at radius 3 is 0.528 bits per heavy atom. The molecular formula is C16Cl33O3S-. The molecule has 0 aromatic rings. The maximum absolute atomic E-state index is 11.2. The molecule has 1 atom stereocenters. The van der Waals surface area contributed by atoms with E-state index in [0.717, 1.165) is 0 Å². The summed E-state index contributed by atoms with van der Waals surface area (Å²) < 4.78 is -29.4. The van der Waals surface area contributed by atoms with Crippen molar-refractivity contribution in [1.29, 1.82) is 0 Å². The summed E-state index contributed by atoms with van der Waals surface area (Å²) >= 11 is 204. The molecule has 0 radical (unpaired) electrons. The zero-order valence-electron chi connectivity index (χ0n) is 22.1. The molecule has 0 aromatic heterocycles. The highest BCUT2D eigenvalue weighted by atomic mass is 35.6. The van der Waals surface area contributed by atoms with Crippen molar-refractivity contribution in [1.82, 2.24) is 0 Å². The minimum absolute atomic E-state index is 2.87. The number of hydrogen-bond donors (Lipinski definition) is 0. The van der Waals surface area contributed by atoms with Crippen LogP contribution in [0.3, 0.4) is 0 Å². The summed E-state index contributed by atoms with van der Waals surface area (Å²) in [5.74, 6) is 0. The van der Waals surface area contributed by atoms with Gasteiger partial charge in [-0.05, 0) is 0 Å². The molecule has 0 amide bonds. The van der Waals surface area contributed by atoms with Gasteiger partial charge in [0.25, 0.3) is 4.52 Å². The summed E-state index contributed by atoms with van der Waals surface area (Å²) in [4.78, 5) is 0. The quantitative estimate of drug-likeness (QED) is 0.114. The van der Waals surface area contributed by atoms with Crippen LogP contribution in [0.2, 0.25) is 0 Å². The molecule has 0 saturated carbocycles. The van der Waals surface area contributed by atoms with Crippen LogP contribution in [-0.2, 0) is 15.5 Å². The molecule has 0 fully saturated rings. The van der Waals surface area contributed by atoms with Gasteiger partial charge in [0.15, 0.2) is 52.0 Å². The van der Waals surface area contributed by atoms with Gasteiger partial charge < -0.3 is 4.55 Å². The summed E-state index contributed by atoms with van der Waals surface area (Å²) in [5, 5.41) is 0. The summed E-state index contributed by atoms with van der Waals surface area (Å²) in [6.07, 6.45) is 0. The van der Waals surface area contributed by atoms with Crippen molar-refractivity contribution in [3.8, 4) is 0 Å². The molecule has 0 saturated heterocycles. The molecule has 0 N–H and O–H groups in total. The van der Waals surface area contributed by atoms with Crippen LogP contribution in [-0.4, -0.2) is 77.7 Å². The Morgan fingerprint density at radius 2 is 0.396 bits per heavy atom. The fraction of sp³-hybridized carbons (Fsp3) is 1.00. The second kappa shape index (κ2) is 18.9. The Kier molecular flexibility index (Phi) is 22.3. The molecule has 0 heterocycles. The molecule has 53 heavy (non-hydrogen) atoms. The molecule has 1 unspecified atom stereocenters. The highest BCUT2D eigenvalue weighted by molar-refractivity contribution is 7.74. The summed E-state index contributed by atoms with van der Waals surface area (Å²) in [6, 6.07) is 0. The third-order valence-electron chi connectivity index (χ3n) is 6.02. The first kappa shape index (κ1) is 62.6. The van der Waals surface area contributed by atoms with E-state index < -0.39 is 80.3 Å². The van der Waals surface area contributed by atoms with Crippen LogP contribution in [0.15, 0.2) is 0 Å². The summed E-state index contributed by atoms with van der Waals surface area (Å²) in [7, 11) is 0. The number of hydrogen-bond acceptors (Lipinski definition) is 3. The monoisotopic (exact) mass is 1430 g/mol. The topological polar surface area (TPSA) is 49.4 Å². The van der Waals surface area contributed by atoms with Gasteiger partial charge in [0.05, 0.1) is 11.4 Å². The van der Waals surface area contributed by atoms with Gasteiger partial charge in [0.1, 0.15) is 0 Å². The van der Waals surface area contributed by atoms with Gasteiger partial charge >= 0.3 is 0 Å². The molecular weight excluding hydrogens is 1440 g/mol. The lowest BCUT2D eigenvalue weighted by molar-refractivity contribution is 0.205. The van der Waals surface area contributed by atoms with Crippen molar-refractivity contribution >= 4 is 394 Å². The Hall–Kier alpha value is 9.64. The second-order valence-corrected chi connectivity index (χ2v) is 32.0. The van der Waals surface area contributed by atoms with Crippen LogP contribution in [0.1, 0.15) is 0 Å². The van der Waals surface area contributed by atoms with E-state index in [2.05, 4.69) is 4.18 Å². The molecule has 0 aliphatic heterocycles. The van der Waals surface area contributed by atoms with E-state index in [0.29, 0.717) is 0 Å². The largest absolute Gasteiger partial charge is 0.750 e. The van der Waals surface area contributed by atoms with Gasteiger partial charge in [-0.2, -0.15) is 0 Å². The van der Waals surface area contributed by atoms with Crippen LogP contribution in [0.5, 0.6) is 0 Å². The van der Waals surface area contributed by atoms with Crippen molar-refractivity contribution < 1.29 is 12.9 Å². The van der Waals surface area contributed by atoms with E-state index in [1.54, 1.807) is 0 Å². The fourth-order valence-corrected chi connectivity index (χ4v) is 14.5. The number of halogens is 33. The molecule has 0 bridgehead atoms. The van der Waals surface area contributed by atoms with Crippen LogP contribution in [0.25, 0.3) is 0 Å². The first-order valence-corrected chi connectivity index (χ1v) is 24.2. The summed E-state index contributed by atoms with van der Waals surface area (Å²) in [6.45, 7) is 0. The van der Waals surface area contributed by atoms with Crippen LogP contribution in [0, 0.1) is 0 Å². The van der Waals surface area contributed by atoms with Gasteiger partial charge in [0.2, 0.25) is 12.5 Å². The average molecular weight is 1440 g/mol. The van der Waals surface area contributed by atoms with Gasteiger partial charge in [-0.25, -0.2) is 4.21 Å². The number of alkyl halides is 33. The lowest BCUT2D eigenvalue weighted by Crippen LogP contribution is -2.75. The van der Waals surface area contributed by atoms with Gasteiger partial charge in [0, 0.05) is 0 Å². The highest BCUT2D eigenvalue weighted by Crippen LogP contribution is 2.78. The minimum atomic E-state index is -3.71. The van der Waals surface area contributed by atoms with Crippen molar-refractivity contribution in [3.63, 3.8) is 0 Å². The Labute approximate surface area is 468 Å². The average Bonchev–Trinajstić information content (AvgIpc) is 2.89. The predicted octanol–water partition coefficient (Wildman–Crippen LogP) is 18.7. The zero-order chi connectivity index (χ0) is 44.3. The van der Waals surface area contributed by atoms with Gasteiger partial charge in [-0.3, -0.25) is 4.18 Å². The first-order chi connectivity index (χ1) is 22.2. The molecule has 320 valence electrons. The van der Waals surface area contributed by atoms with E-state index in [-0.39, 0.29) is 0 Å². The lowest BCUT2D eigenvalue weighted by atomic mass is 9.97. The fourth-order valence-electron chi connectivity index (χ4n) is 2.86. The lowest BCUT2D eigenvalue weighted by Gasteiger charge is -2.58. The molecule has 3 nitrogen and oxygen atoms in total. The van der Waals surface area contributed by atoms with E-state index in [1.165, 1.54) is 0 Å². The van der Waals surface area contributed by atoms with Crippen LogP contribution >= 0.6 is 383 Å². The molecule has 0 aromatic carbocycles. The SMILES string of the molecule is O=S([O-])OC(Cl)(Cl)C(Cl)(Cl)C(Cl)(Cl)C(Cl)(Cl)C(Cl)(Cl)C(Cl)(Cl)C(Cl)(Cl)C(Cl)(Cl)C(Cl)(Cl)C(Cl)(Cl)C(Cl)(Cl)C(Cl)(Cl)C(Cl)(Cl)C(Cl)(Cl)C(Cl)(Cl)C(Cl)(Cl)Cl. The van der Waals surface area contributed by atoms with Crippen molar-refractivity contribution in [3.05, 3.63) is 0 Å². The van der Waals surface area contributed by atoms with Gasteiger partial charge in [-0.15, -0.1) is 0 Å². The van der Waals surface area contributed by atoms with E-state index >= 15 is 0 Å². The standard InChI is InChI=1S/C16HCl33O3S/c17-1(18,3(21,22)5(25,26)7(29,30)9(33,34)11(37,38)13(41,42)15(45,46)47)2(19,20)4(23,24)6(27,28)8(31,32)10(35,36)12(39,40)14(43,44)16(48,49)52-53(50)51/h(H,50,51)/p-1. The van der Waals surface area contributed by atoms with Gasteiger partial charge in [-0.1, -0.05) is 383 Å². The number of rotatable bonds is 16. The van der Waals surface area contributed by atoms with E-state index in [4.69, 9.17) is 383 Å². The molecule has 0 aliphatic rings. The maximum Gasteiger partial charge on any atom is 0.267 e. The highest BCUT2D eigenvalue weighted by Gasteiger charge is 2.87.